The molecule has 0 saturated carbocycles. The summed E-state index contributed by atoms with van der Waals surface area (Å²) in [6.45, 7) is 1.32. The summed E-state index contributed by atoms with van der Waals surface area (Å²) >= 11 is 2.59. The lowest BCUT2D eigenvalue weighted by Gasteiger charge is -2.12. The van der Waals surface area contributed by atoms with Crippen LogP contribution in [0.3, 0.4) is 0 Å². The second-order valence-electron chi connectivity index (χ2n) is 8.82. The number of nitrogens with zero attached hydrogens (tertiary/aromatic N) is 2. The number of hydrogen-bond donors (Lipinski definition) is 1. The van der Waals surface area contributed by atoms with Gasteiger partial charge < -0.3 is 10.1 Å². The van der Waals surface area contributed by atoms with Gasteiger partial charge in [0.2, 0.25) is 5.91 Å². The Morgan fingerprint density at radius 3 is 2.45 bits per heavy atom. The zero-order chi connectivity index (χ0) is 26.6. The van der Waals surface area contributed by atoms with Crippen molar-refractivity contribution >= 4 is 45.2 Å². The minimum Gasteiger partial charge on any atom is -0.460 e. The van der Waals surface area contributed by atoms with Gasteiger partial charge in [0, 0.05) is 19.5 Å². The molecule has 0 unspecified atom stereocenters. The predicted octanol–water partition coefficient (Wildman–Crippen LogP) is 5.21. The van der Waals surface area contributed by atoms with Crippen LogP contribution in [0.2, 0.25) is 0 Å². The van der Waals surface area contributed by atoms with Crippen molar-refractivity contribution in [1.29, 1.82) is 0 Å². The highest BCUT2D eigenvalue weighted by Crippen LogP contribution is 2.22. The molecule has 198 valence electrons. The summed E-state index contributed by atoms with van der Waals surface area (Å²) in [5.74, 6) is -0.244. The average molecular weight is 550 g/mol. The number of nitrogens with one attached hydrogen (secondary N) is 1. The van der Waals surface area contributed by atoms with Crippen LogP contribution in [-0.2, 0) is 33.9 Å². The Hall–Kier alpha value is -3.43. The number of benzene rings is 2. The van der Waals surface area contributed by atoms with E-state index in [-0.39, 0.29) is 29.8 Å². The van der Waals surface area contributed by atoms with Gasteiger partial charge in [-0.1, -0.05) is 78.8 Å². The van der Waals surface area contributed by atoms with Crippen LogP contribution >= 0.6 is 23.1 Å². The lowest BCUT2D eigenvalue weighted by molar-refractivity contribution is -0.141. The Kier molecular flexibility index (Phi) is 10.5. The lowest BCUT2D eigenvalue weighted by atomic mass is 10.1. The van der Waals surface area contributed by atoms with Gasteiger partial charge >= 0.3 is 5.97 Å². The van der Waals surface area contributed by atoms with Gasteiger partial charge in [-0.2, -0.15) is 0 Å². The van der Waals surface area contributed by atoms with Crippen LogP contribution in [0.25, 0.3) is 10.2 Å². The van der Waals surface area contributed by atoms with Gasteiger partial charge in [-0.3, -0.25) is 19.0 Å². The molecule has 38 heavy (non-hydrogen) atoms. The molecule has 0 radical (unpaired) electrons. The van der Waals surface area contributed by atoms with Gasteiger partial charge in [-0.05, 0) is 41.8 Å². The summed E-state index contributed by atoms with van der Waals surface area (Å²) in [6.07, 6.45) is 3.57. The van der Waals surface area contributed by atoms with Gasteiger partial charge in [0.05, 0.1) is 11.3 Å². The Labute approximate surface area is 230 Å². The van der Waals surface area contributed by atoms with Crippen molar-refractivity contribution in [3.63, 3.8) is 0 Å². The van der Waals surface area contributed by atoms with E-state index < -0.39 is 0 Å². The zero-order valence-corrected chi connectivity index (χ0v) is 22.8. The highest BCUT2D eigenvalue weighted by Gasteiger charge is 2.15. The van der Waals surface area contributed by atoms with E-state index in [1.54, 1.807) is 4.57 Å². The Balaban J connectivity index is 1.24. The van der Waals surface area contributed by atoms with Crippen LogP contribution in [0.1, 0.15) is 36.8 Å². The molecule has 0 saturated heterocycles. The lowest BCUT2D eigenvalue weighted by Crippen LogP contribution is -2.25. The van der Waals surface area contributed by atoms with Crippen molar-refractivity contribution < 1.29 is 14.3 Å². The molecule has 0 aliphatic carbocycles. The first-order valence-corrected chi connectivity index (χ1v) is 14.6. The fourth-order valence-corrected chi connectivity index (χ4v) is 5.55. The third kappa shape index (κ3) is 8.29. The number of aromatic nitrogens is 2. The molecule has 7 nitrogen and oxygen atoms in total. The molecule has 2 heterocycles. The van der Waals surface area contributed by atoms with Crippen LogP contribution in [-0.4, -0.2) is 33.7 Å². The van der Waals surface area contributed by atoms with Gasteiger partial charge in [0.1, 0.15) is 11.3 Å². The number of ether oxygens (including phenoxy) is 1. The van der Waals surface area contributed by atoms with E-state index in [2.05, 4.69) is 22.4 Å². The van der Waals surface area contributed by atoms with E-state index in [4.69, 9.17) is 4.74 Å². The maximum atomic E-state index is 13.1. The third-order valence-corrected chi connectivity index (χ3v) is 7.80. The van der Waals surface area contributed by atoms with Gasteiger partial charge in [-0.25, -0.2) is 4.98 Å². The molecule has 0 spiro atoms. The molecule has 0 aliphatic heterocycles. The topological polar surface area (TPSA) is 90.3 Å². The van der Waals surface area contributed by atoms with Crippen molar-refractivity contribution in [2.24, 2.45) is 0 Å². The molecule has 9 heteroatoms. The molecule has 1 N–H and O–H groups in total. The minimum absolute atomic E-state index is 0.0463. The van der Waals surface area contributed by atoms with E-state index in [9.17, 15) is 14.4 Å². The van der Waals surface area contributed by atoms with Crippen molar-refractivity contribution in [2.75, 3.05) is 12.3 Å². The molecule has 0 aliphatic rings. The highest BCUT2D eigenvalue weighted by atomic mass is 32.2. The maximum absolute atomic E-state index is 13.1. The third-order valence-electron chi connectivity index (χ3n) is 5.96. The Bertz CT molecular complexity index is 1390. The molecule has 0 fully saturated rings. The minimum atomic E-state index is -0.358. The first-order chi connectivity index (χ1) is 18.6. The van der Waals surface area contributed by atoms with Crippen LogP contribution in [0, 0.1) is 0 Å². The largest absolute Gasteiger partial charge is 0.460 e. The predicted molar refractivity (Wildman–Crippen MR) is 152 cm³/mol. The number of thiophene rings is 1. The zero-order valence-electron chi connectivity index (χ0n) is 21.1. The first kappa shape index (κ1) is 27.6. The first-order valence-electron chi connectivity index (χ1n) is 12.7. The van der Waals surface area contributed by atoms with Crippen LogP contribution in [0.15, 0.2) is 82.1 Å². The molecular formula is C29H31N3O4S2. The monoisotopic (exact) mass is 549 g/mol. The Morgan fingerprint density at radius 2 is 1.68 bits per heavy atom. The maximum Gasteiger partial charge on any atom is 0.316 e. The number of rotatable bonds is 14. The fraction of sp³-hybridized carbons (Fsp3) is 0.310. The summed E-state index contributed by atoms with van der Waals surface area (Å²) in [4.78, 5) is 42.2. The molecule has 4 rings (SSSR count). The van der Waals surface area contributed by atoms with Crippen molar-refractivity contribution in [3.8, 4) is 0 Å². The van der Waals surface area contributed by atoms with E-state index in [0.29, 0.717) is 34.9 Å². The number of carbonyl (C=O) groups is 2. The smallest absolute Gasteiger partial charge is 0.316 e. The summed E-state index contributed by atoms with van der Waals surface area (Å²) < 4.78 is 7.63. The standard InChI is InChI=1S/C29H31N3O4S2/c33-25(30-17-15-22-10-4-1-5-11-22)14-8-3-9-18-32-28(35)27-24(16-19-37-27)31-29(32)38-21-26(34)36-20-23-12-6-2-7-13-23/h1-2,4-7,10-13,16,19H,3,8-9,14-15,17-18,20-21H2,(H,30,33). The van der Waals surface area contributed by atoms with Crippen LogP contribution in [0.5, 0.6) is 0 Å². The van der Waals surface area contributed by atoms with Crippen molar-refractivity contribution in [2.45, 2.75) is 50.4 Å². The molecule has 4 aromatic rings. The van der Waals surface area contributed by atoms with E-state index >= 15 is 0 Å². The number of amides is 1. The average Bonchev–Trinajstić information content (AvgIpc) is 3.42. The van der Waals surface area contributed by atoms with Gasteiger partial charge in [0.25, 0.3) is 5.56 Å². The second kappa shape index (κ2) is 14.5. The van der Waals surface area contributed by atoms with E-state index in [1.807, 2.05) is 60.0 Å². The number of unbranched alkanes of at least 4 members (excludes halogenated alkanes) is 2. The molecule has 2 aromatic carbocycles. The number of fused-ring (bicyclic) bond motifs is 1. The highest BCUT2D eigenvalue weighted by molar-refractivity contribution is 7.99. The SMILES string of the molecule is O=C(CCCCCn1c(SCC(=O)OCc2ccccc2)nc2ccsc2c1=O)NCCc1ccccc1. The fourth-order valence-electron chi connectivity index (χ4n) is 3.95. The normalized spacial score (nSPS) is 10.9. The number of thioether (sulfide) groups is 1. The Morgan fingerprint density at radius 1 is 0.947 bits per heavy atom. The van der Waals surface area contributed by atoms with Crippen LogP contribution in [0.4, 0.5) is 0 Å². The summed E-state index contributed by atoms with van der Waals surface area (Å²) in [5, 5.41) is 5.33. The summed E-state index contributed by atoms with van der Waals surface area (Å²) in [7, 11) is 0. The summed E-state index contributed by atoms with van der Waals surface area (Å²) in [6, 6.07) is 21.4. The van der Waals surface area contributed by atoms with Crippen LogP contribution < -0.4 is 10.9 Å². The number of esters is 1. The quantitative estimate of drug-likeness (QED) is 0.100. The van der Waals surface area contributed by atoms with E-state index in [1.165, 1.54) is 28.7 Å². The number of carbonyl (C=O) groups excluding carboxylic acids is 2. The summed E-state index contributed by atoms with van der Waals surface area (Å²) in [5.41, 5.74) is 2.67. The van der Waals surface area contributed by atoms with Crippen molar-refractivity contribution in [3.05, 3.63) is 93.6 Å². The van der Waals surface area contributed by atoms with Gasteiger partial charge in [-0.15, -0.1) is 11.3 Å². The molecule has 0 atom stereocenters. The van der Waals surface area contributed by atoms with E-state index in [0.717, 1.165) is 31.2 Å². The van der Waals surface area contributed by atoms with Gasteiger partial charge in [0.15, 0.2) is 5.16 Å². The second-order valence-corrected chi connectivity index (χ2v) is 10.7. The molecule has 0 bridgehead atoms. The molecule has 1 amide bonds. The van der Waals surface area contributed by atoms with Crippen molar-refractivity contribution in [1.82, 2.24) is 14.9 Å². The number of hydrogen-bond acceptors (Lipinski definition) is 7. The molecule has 2 aromatic heterocycles. The molecular weight excluding hydrogens is 518 g/mol.